The van der Waals surface area contributed by atoms with Gasteiger partial charge in [-0.3, -0.25) is 0 Å². The minimum absolute atomic E-state index is 0.250. The van der Waals surface area contributed by atoms with Crippen molar-refractivity contribution in [3.8, 4) is 11.8 Å². The predicted molar refractivity (Wildman–Crippen MR) is 52.1 cm³/mol. The Kier molecular flexibility index (Phi) is 6.93. The maximum atomic E-state index is 10.9. The molecule has 0 amide bonds. The van der Waals surface area contributed by atoms with Gasteiger partial charge in [0.15, 0.2) is 0 Å². The Hall–Kier alpha value is -0.460. The van der Waals surface area contributed by atoms with Crippen LogP contribution in [0.25, 0.3) is 0 Å². The van der Waals surface area contributed by atoms with Crippen LogP contribution in [-0.4, -0.2) is 18.5 Å². The zero-order chi connectivity index (χ0) is 9.40. The molecule has 0 aromatic rings. The van der Waals surface area contributed by atoms with Crippen LogP contribution in [-0.2, 0) is 9.53 Å². The summed E-state index contributed by atoms with van der Waals surface area (Å²) >= 11 is 8.31. The highest BCUT2D eigenvalue weighted by molar-refractivity contribution is 9.12. The summed E-state index contributed by atoms with van der Waals surface area (Å²) in [6.07, 6.45) is 1.42. The van der Waals surface area contributed by atoms with Gasteiger partial charge in [-0.1, -0.05) is 11.8 Å². The maximum absolute atomic E-state index is 10.9. The number of carbonyl (C=O) groups excluding carboxylic acids is 1. The molecule has 0 atom stereocenters. The standard InChI is InChI=1S/C8H8BrClO2/c1-2-12-8(11)7(9)5-3-4-6-10/h5H,2,6H2,1H3/b7-5-. The van der Waals surface area contributed by atoms with Crippen LogP contribution < -0.4 is 0 Å². The quantitative estimate of drug-likeness (QED) is 0.325. The van der Waals surface area contributed by atoms with Crippen molar-refractivity contribution >= 4 is 33.5 Å². The topological polar surface area (TPSA) is 26.3 Å². The van der Waals surface area contributed by atoms with Crippen LogP contribution in [0.5, 0.6) is 0 Å². The molecular weight excluding hydrogens is 243 g/mol. The number of hydrogen-bond acceptors (Lipinski definition) is 2. The Morgan fingerprint density at radius 1 is 1.75 bits per heavy atom. The highest BCUT2D eigenvalue weighted by atomic mass is 79.9. The summed E-state index contributed by atoms with van der Waals surface area (Å²) in [6, 6.07) is 0. The van der Waals surface area contributed by atoms with E-state index in [2.05, 4.69) is 32.5 Å². The molecule has 0 aliphatic heterocycles. The molecule has 0 fully saturated rings. The summed E-state index contributed by atoms with van der Waals surface area (Å²) in [6.45, 7) is 2.09. The van der Waals surface area contributed by atoms with E-state index in [1.54, 1.807) is 6.92 Å². The number of esters is 1. The number of ether oxygens (including phenoxy) is 1. The lowest BCUT2D eigenvalue weighted by atomic mass is 10.5. The minimum atomic E-state index is -0.415. The van der Waals surface area contributed by atoms with Crippen molar-refractivity contribution in [3.05, 3.63) is 10.6 Å². The van der Waals surface area contributed by atoms with Gasteiger partial charge in [-0.05, 0) is 22.9 Å². The molecule has 0 aliphatic rings. The van der Waals surface area contributed by atoms with E-state index in [4.69, 9.17) is 11.6 Å². The summed E-state index contributed by atoms with van der Waals surface area (Å²) in [5.41, 5.74) is 0. The molecule has 0 saturated heterocycles. The van der Waals surface area contributed by atoms with Crippen molar-refractivity contribution in [3.63, 3.8) is 0 Å². The Morgan fingerprint density at radius 3 is 2.92 bits per heavy atom. The first-order chi connectivity index (χ1) is 5.72. The lowest BCUT2D eigenvalue weighted by molar-refractivity contribution is -0.137. The third-order valence-corrected chi connectivity index (χ3v) is 1.52. The van der Waals surface area contributed by atoms with Crippen molar-refractivity contribution in [1.29, 1.82) is 0 Å². The Bertz CT molecular complexity index is 237. The van der Waals surface area contributed by atoms with E-state index < -0.39 is 5.97 Å². The molecular formula is C8H8BrClO2. The fraction of sp³-hybridized carbons (Fsp3) is 0.375. The normalized spacial score (nSPS) is 10.1. The molecule has 0 rings (SSSR count). The molecule has 0 aromatic carbocycles. The maximum Gasteiger partial charge on any atom is 0.345 e. The van der Waals surface area contributed by atoms with Crippen molar-refractivity contribution in [2.24, 2.45) is 0 Å². The lowest BCUT2D eigenvalue weighted by Crippen LogP contribution is -2.02. The molecule has 0 bridgehead atoms. The zero-order valence-corrected chi connectivity index (χ0v) is 8.91. The van der Waals surface area contributed by atoms with Gasteiger partial charge in [-0.2, -0.15) is 0 Å². The largest absolute Gasteiger partial charge is 0.462 e. The summed E-state index contributed by atoms with van der Waals surface area (Å²) in [5, 5.41) is 0. The monoisotopic (exact) mass is 250 g/mol. The first-order valence-corrected chi connectivity index (χ1v) is 4.62. The van der Waals surface area contributed by atoms with Crippen LogP contribution in [0, 0.1) is 11.8 Å². The second kappa shape index (κ2) is 7.20. The molecule has 0 spiro atoms. The van der Waals surface area contributed by atoms with Crippen molar-refractivity contribution in [2.75, 3.05) is 12.5 Å². The number of halogens is 2. The third kappa shape index (κ3) is 5.22. The summed E-state index contributed by atoms with van der Waals surface area (Å²) in [4.78, 5) is 10.9. The summed E-state index contributed by atoms with van der Waals surface area (Å²) < 4.78 is 4.99. The van der Waals surface area contributed by atoms with Crippen molar-refractivity contribution in [1.82, 2.24) is 0 Å². The molecule has 0 unspecified atom stereocenters. The molecule has 12 heavy (non-hydrogen) atoms. The number of rotatable bonds is 2. The van der Waals surface area contributed by atoms with Crippen LogP contribution in [0.15, 0.2) is 10.6 Å². The molecule has 0 N–H and O–H groups in total. The van der Waals surface area contributed by atoms with Crippen LogP contribution in [0.2, 0.25) is 0 Å². The number of hydrogen-bond donors (Lipinski definition) is 0. The fourth-order valence-corrected chi connectivity index (χ4v) is 0.718. The summed E-state index contributed by atoms with van der Waals surface area (Å²) in [5.74, 6) is 4.99. The fourth-order valence-electron chi connectivity index (χ4n) is 0.412. The second-order valence-corrected chi connectivity index (χ2v) is 2.79. The molecule has 2 nitrogen and oxygen atoms in total. The van der Waals surface area contributed by atoms with Gasteiger partial charge in [0.2, 0.25) is 0 Å². The molecule has 66 valence electrons. The zero-order valence-electron chi connectivity index (χ0n) is 6.56. The van der Waals surface area contributed by atoms with Gasteiger partial charge < -0.3 is 4.74 Å². The molecule has 0 aliphatic carbocycles. The number of carbonyl (C=O) groups is 1. The van der Waals surface area contributed by atoms with Crippen LogP contribution in [0.3, 0.4) is 0 Å². The highest BCUT2D eigenvalue weighted by Crippen LogP contribution is 2.05. The van der Waals surface area contributed by atoms with Gasteiger partial charge >= 0.3 is 5.97 Å². The van der Waals surface area contributed by atoms with Crippen LogP contribution in [0.1, 0.15) is 6.92 Å². The van der Waals surface area contributed by atoms with Gasteiger partial charge in [0, 0.05) is 6.08 Å². The van der Waals surface area contributed by atoms with Crippen molar-refractivity contribution in [2.45, 2.75) is 6.92 Å². The molecule has 0 saturated carbocycles. The van der Waals surface area contributed by atoms with E-state index in [0.717, 1.165) is 0 Å². The molecule has 0 heterocycles. The van der Waals surface area contributed by atoms with E-state index in [0.29, 0.717) is 11.1 Å². The van der Waals surface area contributed by atoms with E-state index in [9.17, 15) is 4.79 Å². The Balaban J connectivity index is 4.08. The van der Waals surface area contributed by atoms with E-state index >= 15 is 0 Å². The van der Waals surface area contributed by atoms with Gasteiger partial charge in [0.25, 0.3) is 0 Å². The first-order valence-electron chi connectivity index (χ1n) is 3.29. The molecule has 4 heteroatoms. The van der Waals surface area contributed by atoms with E-state index in [-0.39, 0.29) is 5.88 Å². The SMILES string of the molecule is CCOC(=O)/C(Br)=C/C#CCCl. The second-order valence-electron chi connectivity index (χ2n) is 1.67. The van der Waals surface area contributed by atoms with Gasteiger partial charge in [-0.25, -0.2) is 4.79 Å². The summed E-state index contributed by atoms with van der Waals surface area (Å²) in [7, 11) is 0. The Morgan fingerprint density at radius 2 is 2.42 bits per heavy atom. The average Bonchev–Trinajstić information content (AvgIpc) is 2.05. The number of alkyl halides is 1. The van der Waals surface area contributed by atoms with Crippen molar-refractivity contribution < 1.29 is 9.53 Å². The van der Waals surface area contributed by atoms with Crippen LogP contribution >= 0.6 is 27.5 Å². The highest BCUT2D eigenvalue weighted by Gasteiger charge is 2.03. The predicted octanol–water partition coefficient (Wildman–Crippen LogP) is 2.07. The smallest absolute Gasteiger partial charge is 0.345 e. The van der Waals surface area contributed by atoms with E-state index in [1.165, 1.54) is 6.08 Å². The minimum Gasteiger partial charge on any atom is -0.462 e. The van der Waals surface area contributed by atoms with Crippen LogP contribution in [0.4, 0.5) is 0 Å². The first kappa shape index (κ1) is 11.5. The Labute approximate surface area is 85.0 Å². The van der Waals surface area contributed by atoms with Gasteiger partial charge in [0.05, 0.1) is 12.5 Å². The number of allylic oxidation sites excluding steroid dienone is 1. The van der Waals surface area contributed by atoms with Gasteiger partial charge in [0.1, 0.15) is 4.48 Å². The van der Waals surface area contributed by atoms with E-state index in [1.807, 2.05) is 0 Å². The molecule has 0 aromatic heterocycles. The molecule has 0 radical (unpaired) electrons. The van der Waals surface area contributed by atoms with Gasteiger partial charge in [-0.15, -0.1) is 11.6 Å². The third-order valence-electron chi connectivity index (χ3n) is 0.838. The lowest BCUT2D eigenvalue weighted by Gasteiger charge is -1.96. The average molecular weight is 252 g/mol.